The van der Waals surface area contributed by atoms with Crippen LogP contribution in [0.5, 0.6) is 0 Å². The molecular formula is C20H24N2O3. The average molecular weight is 340 g/mol. The molecule has 0 bridgehead atoms. The highest BCUT2D eigenvalue weighted by atomic mass is 16.2. The molecule has 1 spiro atoms. The van der Waals surface area contributed by atoms with Crippen LogP contribution in [0.15, 0.2) is 18.2 Å². The molecule has 3 aliphatic rings. The van der Waals surface area contributed by atoms with E-state index >= 15 is 0 Å². The van der Waals surface area contributed by atoms with Crippen molar-refractivity contribution in [3.63, 3.8) is 0 Å². The summed E-state index contributed by atoms with van der Waals surface area (Å²) < 4.78 is 0. The van der Waals surface area contributed by atoms with Gasteiger partial charge in [0.25, 0.3) is 5.91 Å². The van der Waals surface area contributed by atoms with Gasteiger partial charge in [0.2, 0.25) is 0 Å². The van der Waals surface area contributed by atoms with Gasteiger partial charge in [-0.05, 0) is 55.2 Å². The predicted molar refractivity (Wildman–Crippen MR) is 93.4 cm³/mol. The summed E-state index contributed by atoms with van der Waals surface area (Å²) in [5.74, 6) is -0.282. The van der Waals surface area contributed by atoms with Crippen LogP contribution < -0.4 is 5.32 Å². The van der Waals surface area contributed by atoms with Gasteiger partial charge in [0.15, 0.2) is 5.78 Å². The highest BCUT2D eigenvalue weighted by Gasteiger charge is 2.55. The third-order valence-electron chi connectivity index (χ3n) is 6.22. The van der Waals surface area contributed by atoms with Gasteiger partial charge in [0, 0.05) is 5.56 Å². The average Bonchev–Trinajstić information content (AvgIpc) is 3.16. The third-order valence-corrected chi connectivity index (χ3v) is 6.22. The lowest BCUT2D eigenvalue weighted by molar-refractivity contribution is -0.133. The Hall–Kier alpha value is -2.17. The first kappa shape index (κ1) is 16.3. The summed E-state index contributed by atoms with van der Waals surface area (Å²) in [6.07, 6.45) is 6.81. The molecule has 132 valence electrons. The lowest BCUT2D eigenvalue weighted by Crippen LogP contribution is -2.54. The minimum atomic E-state index is -0.798. The molecule has 5 heteroatoms. The number of carbonyl (C=O) groups excluding carboxylic acids is 3. The second kappa shape index (κ2) is 5.97. The van der Waals surface area contributed by atoms with Crippen LogP contribution in [0.4, 0.5) is 4.79 Å². The molecule has 1 saturated carbocycles. The molecule has 5 nitrogen and oxygen atoms in total. The zero-order valence-electron chi connectivity index (χ0n) is 14.6. The summed E-state index contributed by atoms with van der Waals surface area (Å²) in [5.41, 5.74) is 2.33. The first-order valence-corrected chi connectivity index (χ1v) is 9.30. The zero-order valence-corrected chi connectivity index (χ0v) is 14.6. The van der Waals surface area contributed by atoms with E-state index in [1.54, 1.807) is 0 Å². The number of aryl methyl sites for hydroxylation is 2. The first-order chi connectivity index (χ1) is 12.0. The molecule has 1 N–H and O–H groups in total. The van der Waals surface area contributed by atoms with Crippen molar-refractivity contribution < 1.29 is 14.4 Å². The number of nitrogens with zero attached hydrogens (tertiary/aromatic N) is 1. The smallest absolute Gasteiger partial charge is 0.323 e. The highest BCUT2D eigenvalue weighted by Crippen LogP contribution is 2.38. The summed E-state index contributed by atoms with van der Waals surface area (Å²) in [6.45, 7) is 1.85. The second-order valence-corrected chi connectivity index (χ2v) is 7.70. The summed E-state index contributed by atoms with van der Waals surface area (Å²) in [6, 6.07) is 5.34. The van der Waals surface area contributed by atoms with Crippen LogP contribution in [0.25, 0.3) is 0 Å². The fraction of sp³-hybridized carbons (Fsp3) is 0.550. The van der Waals surface area contributed by atoms with E-state index in [-0.39, 0.29) is 24.2 Å². The van der Waals surface area contributed by atoms with Crippen LogP contribution >= 0.6 is 0 Å². The normalized spacial score (nSPS) is 28.4. The minimum absolute atomic E-state index is 0.109. The maximum Gasteiger partial charge on any atom is 0.325 e. The van der Waals surface area contributed by atoms with Crippen LogP contribution in [0.2, 0.25) is 0 Å². The standard InChI is InChI=1S/C20H24N2O3/c1-13-5-2-3-10-20(13)18(24)22(19(25)21-20)12-17(23)16-9-8-14-6-4-7-15(14)11-16/h8-9,11,13H,2-7,10,12H2,1H3,(H,21,25). The number of urea groups is 1. The van der Waals surface area contributed by atoms with Crippen LogP contribution in [0, 0.1) is 5.92 Å². The topological polar surface area (TPSA) is 66.5 Å². The van der Waals surface area contributed by atoms with Crippen molar-refractivity contribution in [2.45, 2.75) is 57.4 Å². The molecule has 3 amide bonds. The molecule has 0 aromatic heterocycles. The van der Waals surface area contributed by atoms with E-state index in [2.05, 4.69) is 5.32 Å². The van der Waals surface area contributed by atoms with Gasteiger partial charge in [-0.2, -0.15) is 0 Å². The second-order valence-electron chi connectivity index (χ2n) is 7.70. The first-order valence-electron chi connectivity index (χ1n) is 9.30. The number of carbonyl (C=O) groups is 3. The fourth-order valence-electron chi connectivity index (χ4n) is 4.62. The van der Waals surface area contributed by atoms with E-state index in [0.29, 0.717) is 12.0 Å². The van der Waals surface area contributed by atoms with Crippen molar-refractivity contribution in [2.75, 3.05) is 6.54 Å². The lowest BCUT2D eigenvalue weighted by Gasteiger charge is -2.36. The molecular weight excluding hydrogens is 316 g/mol. The highest BCUT2D eigenvalue weighted by molar-refractivity contribution is 6.11. The number of hydrogen-bond donors (Lipinski definition) is 1. The van der Waals surface area contributed by atoms with E-state index in [1.807, 2.05) is 25.1 Å². The molecule has 0 radical (unpaired) electrons. The van der Waals surface area contributed by atoms with Crippen LogP contribution in [0.1, 0.15) is 60.5 Å². The Morgan fingerprint density at radius 2 is 2.00 bits per heavy atom. The number of nitrogens with one attached hydrogen (secondary N) is 1. The number of fused-ring (bicyclic) bond motifs is 1. The van der Waals surface area contributed by atoms with E-state index in [9.17, 15) is 14.4 Å². The monoisotopic (exact) mass is 340 g/mol. The predicted octanol–water partition coefficient (Wildman–Crippen LogP) is 2.86. The molecule has 1 saturated heterocycles. The minimum Gasteiger partial charge on any atom is -0.323 e. The van der Waals surface area contributed by atoms with Crippen LogP contribution in [0.3, 0.4) is 0 Å². The molecule has 25 heavy (non-hydrogen) atoms. The Labute approximate surface area is 147 Å². The van der Waals surface area contributed by atoms with Crippen molar-refractivity contribution >= 4 is 17.7 Å². The van der Waals surface area contributed by atoms with Gasteiger partial charge in [-0.1, -0.05) is 31.9 Å². The van der Waals surface area contributed by atoms with Gasteiger partial charge in [-0.15, -0.1) is 0 Å². The number of hydrogen-bond acceptors (Lipinski definition) is 3. The molecule has 1 aromatic rings. The van der Waals surface area contributed by atoms with Crippen molar-refractivity contribution in [1.29, 1.82) is 0 Å². The number of Topliss-reactive ketones (excluding diaryl/α,β-unsaturated/α-hetero) is 1. The summed E-state index contributed by atoms with van der Waals surface area (Å²) in [7, 11) is 0. The number of rotatable bonds is 3. The molecule has 2 unspecified atom stereocenters. The molecule has 1 aliphatic heterocycles. The summed E-state index contributed by atoms with van der Waals surface area (Å²) in [5, 5.41) is 2.90. The molecule has 2 atom stereocenters. The fourth-order valence-corrected chi connectivity index (χ4v) is 4.62. The van der Waals surface area contributed by atoms with Crippen LogP contribution in [-0.2, 0) is 17.6 Å². The lowest BCUT2D eigenvalue weighted by atomic mass is 9.73. The summed E-state index contributed by atoms with van der Waals surface area (Å²) >= 11 is 0. The molecule has 1 aromatic carbocycles. The van der Waals surface area contributed by atoms with Crippen molar-refractivity contribution in [3.8, 4) is 0 Å². The summed E-state index contributed by atoms with van der Waals surface area (Å²) in [4.78, 5) is 39.1. The Morgan fingerprint density at radius 1 is 1.20 bits per heavy atom. The number of benzene rings is 1. The van der Waals surface area contributed by atoms with Crippen molar-refractivity contribution in [2.24, 2.45) is 5.92 Å². The molecule has 1 heterocycles. The molecule has 2 aliphatic carbocycles. The Balaban J connectivity index is 1.53. The van der Waals surface area contributed by atoms with E-state index in [4.69, 9.17) is 0 Å². The molecule has 4 rings (SSSR count). The largest absolute Gasteiger partial charge is 0.325 e. The zero-order chi connectivity index (χ0) is 17.6. The third kappa shape index (κ3) is 2.57. The van der Waals surface area contributed by atoms with Crippen molar-refractivity contribution in [3.05, 3.63) is 34.9 Å². The number of amides is 3. The molecule has 2 fully saturated rings. The van der Waals surface area contributed by atoms with Gasteiger partial charge in [0.1, 0.15) is 5.54 Å². The van der Waals surface area contributed by atoms with Gasteiger partial charge in [-0.25, -0.2) is 4.79 Å². The van der Waals surface area contributed by atoms with Gasteiger partial charge in [0.05, 0.1) is 6.54 Å². The van der Waals surface area contributed by atoms with E-state index < -0.39 is 11.6 Å². The van der Waals surface area contributed by atoms with E-state index in [0.717, 1.165) is 43.4 Å². The maximum absolute atomic E-state index is 12.9. The van der Waals surface area contributed by atoms with Gasteiger partial charge in [-0.3, -0.25) is 14.5 Å². The Kier molecular flexibility index (Phi) is 3.89. The Bertz CT molecular complexity index is 757. The van der Waals surface area contributed by atoms with Gasteiger partial charge >= 0.3 is 6.03 Å². The van der Waals surface area contributed by atoms with E-state index in [1.165, 1.54) is 11.1 Å². The maximum atomic E-state index is 12.9. The van der Waals surface area contributed by atoms with Crippen LogP contribution in [-0.4, -0.2) is 34.7 Å². The Morgan fingerprint density at radius 3 is 2.80 bits per heavy atom. The number of ketones is 1. The van der Waals surface area contributed by atoms with Crippen molar-refractivity contribution in [1.82, 2.24) is 10.2 Å². The van der Waals surface area contributed by atoms with Gasteiger partial charge < -0.3 is 5.32 Å². The number of imide groups is 1. The quantitative estimate of drug-likeness (QED) is 0.680. The SMILES string of the molecule is CC1CCCCC12NC(=O)N(CC(=O)c1ccc3c(c1)CCC3)C2=O.